The first-order chi connectivity index (χ1) is 14.2. The SMILES string of the molecule is CC=C1CC2C=C(c3c[nH]c(-c4ccc(P)cc4)c3-c3ccncc3)CCN2C1. The lowest BCUT2D eigenvalue weighted by Crippen LogP contribution is -2.32. The molecule has 1 aromatic carbocycles. The molecule has 0 saturated carbocycles. The van der Waals surface area contributed by atoms with Gasteiger partial charge in [0.15, 0.2) is 0 Å². The summed E-state index contributed by atoms with van der Waals surface area (Å²) in [4.78, 5) is 10.4. The number of allylic oxidation sites excluding steroid dienone is 1. The molecule has 0 spiro atoms. The molecule has 0 radical (unpaired) electrons. The van der Waals surface area contributed by atoms with E-state index in [9.17, 15) is 0 Å². The zero-order chi connectivity index (χ0) is 19.8. The minimum Gasteiger partial charge on any atom is -0.360 e. The molecule has 2 aliphatic rings. The Hall–Kier alpha value is -2.48. The Bertz CT molecular complexity index is 1080. The molecular formula is C25H26N3P. The molecule has 29 heavy (non-hydrogen) atoms. The normalized spacial score (nSPS) is 20.7. The highest BCUT2D eigenvalue weighted by Crippen LogP contribution is 2.41. The number of aromatic nitrogens is 2. The molecule has 0 bridgehead atoms. The molecule has 1 fully saturated rings. The van der Waals surface area contributed by atoms with Crippen molar-refractivity contribution in [1.29, 1.82) is 0 Å². The van der Waals surface area contributed by atoms with Gasteiger partial charge in [0.25, 0.3) is 0 Å². The van der Waals surface area contributed by atoms with Crippen molar-refractivity contribution in [3.63, 3.8) is 0 Å². The zero-order valence-electron chi connectivity index (χ0n) is 16.7. The molecule has 146 valence electrons. The fourth-order valence-electron chi connectivity index (χ4n) is 4.64. The quantitative estimate of drug-likeness (QED) is 0.494. The zero-order valence-corrected chi connectivity index (χ0v) is 17.9. The molecule has 3 nitrogen and oxygen atoms in total. The maximum Gasteiger partial charge on any atom is 0.0539 e. The molecule has 1 N–H and O–H groups in total. The number of fused-ring (bicyclic) bond motifs is 1. The van der Waals surface area contributed by atoms with E-state index >= 15 is 0 Å². The van der Waals surface area contributed by atoms with E-state index in [1.165, 1.54) is 38.8 Å². The van der Waals surface area contributed by atoms with Crippen LogP contribution in [-0.2, 0) is 0 Å². The molecule has 2 atom stereocenters. The lowest BCUT2D eigenvalue weighted by atomic mass is 9.90. The second-order valence-corrected chi connectivity index (χ2v) is 8.61. The Morgan fingerprint density at radius 1 is 1.10 bits per heavy atom. The average molecular weight is 399 g/mol. The molecule has 4 heteroatoms. The third-order valence-corrected chi connectivity index (χ3v) is 6.60. The Morgan fingerprint density at radius 3 is 2.66 bits per heavy atom. The first-order valence-electron chi connectivity index (χ1n) is 10.3. The number of hydrogen-bond donors (Lipinski definition) is 1. The average Bonchev–Trinajstić information content (AvgIpc) is 3.38. The van der Waals surface area contributed by atoms with Crippen LogP contribution in [0.3, 0.4) is 0 Å². The van der Waals surface area contributed by atoms with E-state index in [0.29, 0.717) is 6.04 Å². The van der Waals surface area contributed by atoms with Crippen molar-refractivity contribution >= 4 is 20.1 Å². The van der Waals surface area contributed by atoms with Gasteiger partial charge in [0, 0.05) is 48.8 Å². The van der Waals surface area contributed by atoms with Gasteiger partial charge >= 0.3 is 0 Å². The van der Waals surface area contributed by atoms with Crippen LogP contribution < -0.4 is 5.30 Å². The molecule has 0 aliphatic carbocycles. The van der Waals surface area contributed by atoms with Gasteiger partial charge in [-0.2, -0.15) is 0 Å². The highest BCUT2D eigenvalue weighted by Gasteiger charge is 2.30. The molecule has 2 aliphatic heterocycles. The van der Waals surface area contributed by atoms with Gasteiger partial charge in [-0.15, -0.1) is 9.24 Å². The van der Waals surface area contributed by atoms with Gasteiger partial charge in [-0.1, -0.05) is 42.0 Å². The summed E-state index contributed by atoms with van der Waals surface area (Å²) in [6, 6.07) is 13.4. The maximum absolute atomic E-state index is 4.23. The van der Waals surface area contributed by atoms with Gasteiger partial charge in [-0.25, -0.2) is 0 Å². The molecule has 4 heterocycles. The second-order valence-electron chi connectivity index (χ2n) is 7.94. The lowest BCUT2D eigenvalue weighted by Gasteiger charge is -2.28. The summed E-state index contributed by atoms with van der Waals surface area (Å²) in [7, 11) is 2.76. The number of benzene rings is 1. The van der Waals surface area contributed by atoms with E-state index in [1.807, 2.05) is 12.4 Å². The summed E-state index contributed by atoms with van der Waals surface area (Å²) in [5, 5.41) is 1.20. The third-order valence-electron chi connectivity index (χ3n) is 6.21. The summed E-state index contributed by atoms with van der Waals surface area (Å²) in [6.45, 7) is 4.42. The summed E-state index contributed by atoms with van der Waals surface area (Å²) < 4.78 is 0. The number of nitrogens with one attached hydrogen (secondary N) is 1. The van der Waals surface area contributed by atoms with E-state index in [4.69, 9.17) is 0 Å². The number of rotatable bonds is 3. The number of nitrogens with zero attached hydrogens (tertiary/aromatic N) is 2. The smallest absolute Gasteiger partial charge is 0.0539 e. The van der Waals surface area contributed by atoms with Gasteiger partial charge in [-0.3, -0.25) is 9.88 Å². The van der Waals surface area contributed by atoms with Crippen molar-refractivity contribution in [2.24, 2.45) is 0 Å². The molecule has 5 rings (SSSR count). The van der Waals surface area contributed by atoms with Crippen molar-refractivity contribution in [3.05, 3.63) is 78.3 Å². The van der Waals surface area contributed by atoms with Gasteiger partial charge in [0.1, 0.15) is 0 Å². The third kappa shape index (κ3) is 3.50. The minimum absolute atomic E-state index is 0.532. The van der Waals surface area contributed by atoms with Crippen LogP contribution in [-0.4, -0.2) is 34.0 Å². The van der Waals surface area contributed by atoms with Crippen molar-refractivity contribution < 1.29 is 0 Å². The van der Waals surface area contributed by atoms with E-state index in [2.05, 4.69) is 85.8 Å². The van der Waals surface area contributed by atoms with Crippen molar-refractivity contribution in [1.82, 2.24) is 14.9 Å². The fraction of sp³-hybridized carbons (Fsp3) is 0.240. The van der Waals surface area contributed by atoms with Crippen LogP contribution in [0.25, 0.3) is 28.0 Å². The van der Waals surface area contributed by atoms with Crippen LogP contribution in [0.15, 0.2) is 72.7 Å². The van der Waals surface area contributed by atoms with Crippen LogP contribution in [0.1, 0.15) is 25.3 Å². The van der Waals surface area contributed by atoms with Crippen LogP contribution in [0.2, 0.25) is 0 Å². The Labute approximate surface area is 174 Å². The number of hydrogen-bond acceptors (Lipinski definition) is 2. The van der Waals surface area contributed by atoms with Gasteiger partial charge < -0.3 is 4.98 Å². The van der Waals surface area contributed by atoms with Crippen LogP contribution >= 0.6 is 9.24 Å². The van der Waals surface area contributed by atoms with Crippen molar-refractivity contribution in [2.45, 2.75) is 25.8 Å². The van der Waals surface area contributed by atoms with E-state index in [1.54, 1.807) is 5.57 Å². The van der Waals surface area contributed by atoms with Gasteiger partial charge in [0.05, 0.1) is 5.69 Å². The summed E-state index contributed by atoms with van der Waals surface area (Å²) in [5.74, 6) is 0. The Morgan fingerprint density at radius 2 is 1.90 bits per heavy atom. The molecular weight excluding hydrogens is 373 g/mol. The standard InChI is InChI=1S/C25H26N3P/c1-2-17-13-21-14-20(9-12-28(21)16-17)23-15-27-25(19-3-5-22(29)6-4-19)24(23)18-7-10-26-11-8-18/h2-8,10-11,14-15,21,27H,9,12-13,16,29H2,1H3. The molecule has 1 saturated heterocycles. The fourth-order valence-corrected chi connectivity index (χ4v) is 4.83. The number of H-pyrrole nitrogens is 1. The predicted molar refractivity (Wildman–Crippen MR) is 125 cm³/mol. The summed E-state index contributed by atoms with van der Waals surface area (Å²) in [6.07, 6.45) is 13.0. The Balaban J connectivity index is 1.61. The highest BCUT2D eigenvalue weighted by molar-refractivity contribution is 7.27. The van der Waals surface area contributed by atoms with Crippen LogP contribution in [0.5, 0.6) is 0 Å². The Kier molecular flexibility index (Phi) is 4.95. The van der Waals surface area contributed by atoms with Crippen molar-refractivity contribution in [2.75, 3.05) is 13.1 Å². The summed E-state index contributed by atoms with van der Waals surface area (Å²) in [5.41, 5.74) is 9.24. The monoisotopic (exact) mass is 399 g/mol. The second kappa shape index (κ2) is 7.74. The number of pyridine rings is 1. The molecule has 2 aromatic heterocycles. The molecule has 0 amide bonds. The first-order valence-corrected chi connectivity index (χ1v) is 10.9. The number of aromatic amines is 1. The van der Waals surface area contributed by atoms with Crippen molar-refractivity contribution in [3.8, 4) is 22.4 Å². The van der Waals surface area contributed by atoms with E-state index < -0.39 is 0 Å². The van der Waals surface area contributed by atoms with Gasteiger partial charge in [-0.05, 0) is 53.9 Å². The topological polar surface area (TPSA) is 31.9 Å². The van der Waals surface area contributed by atoms with Crippen LogP contribution in [0.4, 0.5) is 0 Å². The van der Waals surface area contributed by atoms with Crippen LogP contribution in [0, 0.1) is 0 Å². The molecule has 3 aromatic rings. The van der Waals surface area contributed by atoms with E-state index in [-0.39, 0.29) is 0 Å². The van der Waals surface area contributed by atoms with Gasteiger partial charge in [0.2, 0.25) is 0 Å². The maximum atomic E-state index is 4.23. The van der Waals surface area contributed by atoms with E-state index in [0.717, 1.165) is 25.9 Å². The summed E-state index contributed by atoms with van der Waals surface area (Å²) >= 11 is 0. The highest BCUT2D eigenvalue weighted by atomic mass is 31.0. The largest absolute Gasteiger partial charge is 0.360 e. The minimum atomic E-state index is 0.532. The lowest BCUT2D eigenvalue weighted by molar-refractivity contribution is 0.290. The first kappa shape index (κ1) is 18.5. The predicted octanol–water partition coefficient (Wildman–Crippen LogP) is 5.05. The molecule has 2 unspecified atom stereocenters.